The van der Waals surface area contributed by atoms with Crippen molar-refractivity contribution in [2.24, 2.45) is 5.73 Å². The van der Waals surface area contributed by atoms with Crippen molar-refractivity contribution in [3.63, 3.8) is 0 Å². The third-order valence-electron chi connectivity index (χ3n) is 2.05. The third-order valence-corrected chi connectivity index (χ3v) is 4.61. The lowest BCUT2D eigenvalue weighted by atomic mass is 10.5. The summed E-state index contributed by atoms with van der Waals surface area (Å²) in [6, 6.07) is 0. The molecule has 0 spiro atoms. The number of sulfonamides is 1. The minimum Gasteiger partial charge on any atom is -0.468 e. The Kier molecular flexibility index (Phi) is 5.29. The molecule has 1 aromatic heterocycles. The number of esters is 1. The van der Waals surface area contributed by atoms with Gasteiger partial charge < -0.3 is 10.5 Å². The average molecular weight is 303 g/mol. The molecule has 104 valence electrons. The summed E-state index contributed by atoms with van der Waals surface area (Å²) < 4.78 is 30.2. The summed E-state index contributed by atoms with van der Waals surface area (Å²) in [7, 11) is -2.76. The van der Waals surface area contributed by atoms with Crippen LogP contribution in [0.25, 0.3) is 0 Å². The molecular weight excluding hydrogens is 290 g/mol. The van der Waals surface area contributed by atoms with Gasteiger partial charge in [-0.2, -0.15) is 0 Å². The Labute approximate surface area is 115 Å². The van der Waals surface area contributed by atoms with Crippen LogP contribution in [0.15, 0.2) is 6.20 Å². The topological polar surface area (TPSA) is 111 Å². The number of hydrogen-bond acceptors (Lipinski definition) is 7. The van der Waals surface area contributed by atoms with Gasteiger partial charge in [0.15, 0.2) is 10.4 Å². The van der Waals surface area contributed by atoms with Gasteiger partial charge in [-0.05, 0) is 6.92 Å². The average Bonchev–Trinajstić information content (AvgIpc) is 2.81. The van der Waals surface area contributed by atoms with Crippen LogP contribution in [0, 0.1) is 11.8 Å². The normalized spacial score (nSPS) is 12.2. The molecule has 3 N–H and O–H groups in total. The van der Waals surface area contributed by atoms with E-state index in [1.165, 1.54) is 13.1 Å². The lowest BCUT2D eigenvalue weighted by Gasteiger charge is -2.10. The molecule has 0 aliphatic carbocycles. The van der Waals surface area contributed by atoms with E-state index in [0.717, 1.165) is 18.4 Å². The molecule has 0 saturated heterocycles. The molecule has 0 amide bonds. The molecule has 0 aliphatic rings. The SMILES string of the molecule is COC(=O)C(C)S(=O)(=O)Nc1ncc(C#CCN)s1. The molecule has 1 aromatic rings. The Morgan fingerprint density at radius 2 is 2.37 bits per heavy atom. The van der Waals surface area contributed by atoms with Crippen molar-refractivity contribution in [3.8, 4) is 11.8 Å². The maximum absolute atomic E-state index is 11.8. The maximum Gasteiger partial charge on any atom is 0.325 e. The van der Waals surface area contributed by atoms with Gasteiger partial charge in [0.25, 0.3) is 0 Å². The minimum absolute atomic E-state index is 0.136. The summed E-state index contributed by atoms with van der Waals surface area (Å²) in [4.78, 5) is 15.6. The van der Waals surface area contributed by atoms with E-state index in [2.05, 4.69) is 26.3 Å². The summed E-state index contributed by atoms with van der Waals surface area (Å²) in [5, 5.41) is -1.18. The highest BCUT2D eigenvalue weighted by Crippen LogP contribution is 2.19. The second kappa shape index (κ2) is 6.51. The Bertz CT molecular complexity index is 612. The van der Waals surface area contributed by atoms with Crippen molar-refractivity contribution in [3.05, 3.63) is 11.1 Å². The molecule has 1 atom stereocenters. The van der Waals surface area contributed by atoms with Crippen LogP contribution < -0.4 is 10.5 Å². The molecule has 1 rings (SSSR count). The molecular formula is C10H13N3O4S2. The molecule has 0 aromatic carbocycles. The number of carbonyl (C=O) groups excluding carboxylic acids is 1. The first-order chi connectivity index (χ1) is 8.90. The molecule has 0 saturated carbocycles. The van der Waals surface area contributed by atoms with Crippen molar-refractivity contribution < 1.29 is 17.9 Å². The molecule has 9 heteroatoms. The zero-order valence-corrected chi connectivity index (χ0v) is 12.0. The largest absolute Gasteiger partial charge is 0.468 e. The van der Waals surface area contributed by atoms with Gasteiger partial charge in [0.1, 0.15) is 0 Å². The lowest BCUT2D eigenvalue weighted by molar-refractivity contribution is -0.139. The number of nitrogens with one attached hydrogen (secondary N) is 1. The van der Waals surface area contributed by atoms with Crippen LogP contribution in [0.3, 0.4) is 0 Å². The van der Waals surface area contributed by atoms with Crippen molar-refractivity contribution in [1.29, 1.82) is 0 Å². The number of nitrogens with two attached hydrogens (primary N) is 1. The van der Waals surface area contributed by atoms with E-state index in [9.17, 15) is 13.2 Å². The van der Waals surface area contributed by atoms with Crippen LogP contribution in [0.5, 0.6) is 0 Å². The second-order valence-corrected chi connectivity index (χ2v) is 6.38. The van der Waals surface area contributed by atoms with Crippen LogP contribution in [0.1, 0.15) is 11.8 Å². The van der Waals surface area contributed by atoms with Crippen LogP contribution in [-0.2, 0) is 19.6 Å². The molecule has 0 bridgehead atoms. The van der Waals surface area contributed by atoms with Crippen LogP contribution in [0.2, 0.25) is 0 Å². The highest BCUT2D eigenvalue weighted by Gasteiger charge is 2.29. The number of aromatic nitrogens is 1. The molecule has 7 nitrogen and oxygen atoms in total. The van der Waals surface area contributed by atoms with Gasteiger partial charge in [0.05, 0.1) is 24.7 Å². The molecule has 1 unspecified atom stereocenters. The third kappa shape index (κ3) is 4.20. The highest BCUT2D eigenvalue weighted by atomic mass is 32.2. The fourth-order valence-electron chi connectivity index (χ4n) is 1.02. The summed E-state index contributed by atoms with van der Waals surface area (Å²) in [5.41, 5.74) is 5.22. The van der Waals surface area contributed by atoms with Crippen molar-refractivity contribution in [2.75, 3.05) is 18.4 Å². The predicted octanol–water partition coefficient (Wildman–Crippen LogP) is -0.244. The standard InChI is InChI=1S/C10H13N3O4S2/c1-7(9(14)17-2)19(15,16)13-10-12-6-8(18-10)4-3-5-11/h6-7H,5,11H2,1-2H3,(H,12,13). The number of ether oxygens (including phenoxy) is 1. The van der Waals surface area contributed by atoms with Gasteiger partial charge in [-0.1, -0.05) is 23.2 Å². The summed E-state index contributed by atoms with van der Waals surface area (Å²) in [5.74, 6) is 4.52. The van der Waals surface area contributed by atoms with E-state index in [1.807, 2.05) is 0 Å². The van der Waals surface area contributed by atoms with E-state index in [1.54, 1.807) is 0 Å². The maximum atomic E-state index is 11.8. The number of carbonyl (C=O) groups is 1. The molecule has 1 heterocycles. The Morgan fingerprint density at radius 1 is 1.68 bits per heavy atom. The number of hydrogen-bond donors (Lipinski definition) is 2. The Balaban J connectivity index is 2.84. The minimum atomic E-state index is -3.88. The first kappa shape index (κ1) is 15.4. The predicted molar refractivity (Wildman–Crippen MR) is 72.1 cm³/mol. The van der Waals surface area contributed by atoms with Gasteiger partial charge in [-0.25, -0.2) is 13.4 Å². The Morgan fingerprint density at radius 3 is 2.95 bits per heavy atom. The summed E-state index contributed by atoms with van der Waals surface area (Å²) in [6.07, 6.45) is 1.42. The van der Waals surface area contributed by atoms with Gasteiger partial charge in [0, 0.05) is 0 Å². The number of nitrogens with zero attached hydrogens (tertiary/aromatic N) is 1. The second-order valence-electron chi connectivity index (χ2n) is 3.35. The highest BCUT2D eigenvalue weighted by molar-refractivity contribution is 7.94. The molecule has 0 radical (unpaired) electrons. The van der Waals surface area contributed by atoms with Crippen LogP contribution in [-0.4, -0.2) is 38.3 Å². The van der Waals surface area contributed by atoms with Gasteiger partial charge >= 0.3 is 5.97 Å². The zero-order valence-electron chi connectivity index (χ0n) is 10.3. The van der Waals surface area contributed by atoms with Crippen LogP contribution >= 0.6 is 11.3 Å². The van der Waals surface area contributed by atoms with Gasteiger partial charge in [-0.15, -0.1) is 0 Å². The quantitative estimate of drug-likeness (QED) is 0.586. The van der Waals surface area contributed by atoms with E-state index in [0.29, 0.717) is 4.88 Å². The number of thiazole rings is 1. The Hall–Kier alpha value is -1.63. The molecule has 19 heavy (non-hydrogen) atoms. The van der Waals surface area contributed by atoms with Crippen molar-refractivity contribution in [1.82, 2.24) is 4.98 Å². The van der Waals surface area contributed by atoms with E-state index >= 15 is 0 Å². The first-order valence-electron chi connectivity index (χ1n) is 5.15. The van der Waals surface area contributed by atoms with E-state index in [4.69, 9.17) is 5.73 Å². The van der Waals surface area contributed by atoms with Crippen LogP contribution in [0.4, 0.5) is 5.13 Å². The van der Waals surface area contributed by atoms with Gasteiger partial charge in [-0.3, -0.25) is 9.52 Å². The monoisotopic (exact) mass is 303 g/mol. The van der Waals surface area contributed by atoms with E-state index in [-0.39, 0.29) is 11.7 Å². The van der Waals surface area contributed by atoms with Crippen molar-refractivity contribution >= 4 is 32.5 Å². The summed E-state index contributed by atoms with van der Waals surface area (Å²) >= 11 is 1.05. The first-order valence-corrected chi connectivity index (χ1v) is 7.51. The smallest absolute Gasteiger partial charge is 0.325 e. The fourth-order valence-corrected chi connectivity index (χ4v) is 2.90. The van der Waals surface area contributed by atoms with Gasteiger partial charge in [0.2, 0.25) is 10.0 Å². The number of methoxy groups -OCH3 is 1. The van der Waals surface area contributed by atoms with E-state index < -0.39 is 21.2 Å². The number of rotatable bonds is 4. The van der Waals surface area contributed by atoms with Crippen molar-refractivity contribution in [2.45, 2.75) is 12.2 Å². The summed E-state index contributed by atoms with van der Waals surface area (Å²) in [6.45, 7) is 1.44. The zero-order chi connectivity index (χ0) is 14.5. The number of anilines is 1. The fraction of sp³-hybridized carbons (Fsp3) is 0.400. The molecule has 0 fully saturated rings. The molecule has 0 aliphatic heterocycles. The lowest BCUT2D eigenvalue weighted by Crippen LogP contribution is -2.33.